The lowest BCUT2D eigenvalue weighted by Gasteiger charge is -2.06. The minimum absolute atomic E-state index is 0.0644. The molecule has 0 unspecified atom stereocenters. The predicted octanol–water partition coefficient (Wildman–Crippen LogP) is 1.87. The van der Waals surface area contributed by atoms with Gasteiger partial charge in [-0.15, -0.1) is 11.3 Å². The largest absolute Gasteiger partial charge is 0.476 e. The van der Waals surface area contributed by atoms with E-state index >= 15 is 0 Å². The van der Waals surface area contributed by atoms with Crippen molar-refractivity contribution < 1.29 is 14.7 Å². The number of thiazole rings is 1. The number of aromatic carboxylic acids is 1. The van der Waals surface area contributed by atoms with Crippen LogP contribution in [0.4, 0.5) is 4.79 Å². The molecule has 2 amide bonds. The number of urea groups is 1. The van der Waals surface area contributed by atoms with Crippen LogP contribution in [0.15, 0.2) is 5.38 Å². The van der Waals surface area contributed by atoms with Crippen molar-refractivity contribution in [2.24, 2.45) is 5.92 Å². The van der Waals surface area contributed by atoms with E-state index in [9.17, 15) is 9.59 Å². The average molecular weight is 297 g/mol. The van der Waals surface area contributed by atoms with Gasteiger partial charge in [-0.1, -0.05) is 12.8 Å². The van der Waals surface area contributed by atoms with Crippen LogP contribution in [0.5, 0.6) is 0 Å². The Morgan fingerprint density at radius 1 is 1.35 bits per heavy atom. The maximum Gasteiger partial charge on any atom is 0.355 e. The lowest BCUT2D eigenvalue weighted by molar-refractivity contribution is 0.0691. The van der Waals surface area contributed by atoms with Gasteiger partial charge in [-0.25, -0.2) is 14.6 Å². The summed E-state index contributed by atoms with van der Waals surface area (Å²) in [6, 6.07) is -0.171. The Balaban J connectivity index is 1.54. The molecule has 2 rings (SSSR count). The first kappa shape index (κ1) is 14.8. The number of carbonyl (C=O) groups is 2. The Labute approximate surface area is 121 Å². The van der Waals surface area contributed by atoms with E-state index in [4.69, 9.17) is 5.11 Å². The van der Waals surface area contributed by atoms with Crippen LogP contribution in [0, 0.1) is 5.92 Å². The summed E-state index contributed by atoms with van der Waals surface area (Å²) in [5, 5.41) is 16.5. The first-order chi connectivity index (χ1) is 9.65. The highest BCUT2D eigenvalue weighted by Crippen LogP contribution is 2.33. The summed E-state index contributed by atoms with van der Waals surface area (Å²) in [6.45, 7) is 1.17. The van der Waals surface area contributed by atoms with E-state index in [-0.39, 0.29) is 11.7 Å². The molecule has 0 aliphatic heterocycles. The molecule has 1 aromatic rings. The van der Waals surface area contributed by atoms with Gasteiger partial charge in [0.2, 0.25) is 0 Å². The summed E-state index contributed by atoms with van der Waals surface area (Å²) in [5.41, 5.74) is 0.0644. The SMILES string of the molecule is O=C(NCCCC1CC1)NCCc1nc(C(=O)O)cs1. The van der Waals surface area contributed by atoms with Crippen LogP contribution in [-0.4, -0.2) is 35.2 Å². The Kier molecular flexibility index (Phi) is 5.34. The summed E-state index contributed by atoms with van der Waals surface area (Å²) in [6.07, 6.45) is 5.48. The molecule has 1 saturated carbocycles. The number of nitrogens with one attached hydrogen (secondary N) is 2. The number of hydrogen-bond acceptors (Lipinski definition) is 4. The molecule has 0 spiro atoms. The third kappa shape index (κ3) is 5.16. The van der Waals surface area contributed by atoms with Gasteiger partial charge in [0.25, 0.3) is 0 Å². The van der Waals surface area contributed by atoms with Crippen LogP contribution < -0.4 is 10.6 Å². The number of aromatic nitrogens is 1. The highest BCUT2D eigenvalue weighted by molar-refractivity contribution is 7.09. The van der Waals surface area contributed by atoms with Crippen molar-refractivity contribution in [2.45, 2.75) is 32.1 Å². The van der Waals surface area contributed by atoms with Crippen LogP contribution in [0.3, 0.4) is 0 Å². The summed E-state index contributed by atoms with van der Waals surface area (Å²) < 4.78 is 0. The fourth-order valence-electron chi connectivity index (χ4n) is 1.87. The van der Waals surface area contributed by atoms with E-state index in [1.807, 2.05) is 0 Å². The molecule has 0 radical (unpaired) electrons. The molecule has 1 aliphatic rings. The molecule has 0 atom stereocenters. The summed E-state index contributed by atoms with van der Waals surface area (Å²) >= 11 is 1.30. The van der Waals surface area contributed by atoms with Crippen molar-refractivity contribution >= 4 is 23.3 Å². The van der Waals surface area contributed by atoms with Gasteiger partial charge in [0, 0.05) is 24.9 Å². The van der Waals surface area contributed by atoms with Crippen molar-refractivity contribution in [1.82, 2.24) is 15.6 Å². The number of hydrogen-bond donors (Lipinski definition) is 3. The number of carbonyl (C=O) groups excluding carboxylic acids is 1. The topological polar surface area (TPSA) is 91.3 Å². The van der Waals surface area contributed by atoms with E-state index in [1.54, 1.807) is 0 Å². The maximum absolute atomic E-state index is 11.5. The van der Waals surface area contributed by atoms with Crippen molar-refractivity contribution in [1.29, 1.82) is 0 Å². The second-order valence-electron chi connectivity index (χ2n) is 4.95. The van der Waals surface area contributed by atoms with Gasteiger partial charge in [0.1, 0.15) is 0 Å². The van der Waals surface area contributed by atoms with Gasteiger partial charge in [0.05, 0.1) is 5.01 Å². The highest BCUT2D eigenvalue weighted by atomic mass is 32.1. The number of nitrogens with zero attached hydrogens (tertiary/aromatic N) is 1. The van der Waals surface area contributed by atoms with Crippen molar-refractivity contribution in [3.8, 4) is 0 Å². The highest BCUT2D eigenvalue weighted by Gasteiger charge is 2.20. The maximum atomic E-state index is 11.5. The Hall–Kier alpha value is -1.63. The zero-order chi connectivity index (χ0) is 14.4. The van der Waals surface area contributed by atoms with E-state index in [1.165, 1.54) is 36.0 Å². The molecule has 1 aliphatic carbocycles. The van der Waals surface area contributed by atoms with Crippen LogP contribution in [0.25, 0.3) is 0 Å². The first-order valence-electron chi connectivity index (χ1n) is 6.84. The first-order valence-corrected chi connectivity index (χ1v) is 7.72. The molecule has 110 valence electrons. The standard InChI is InChI=1S/C13H19N3O3S/c17-12(18)10-8-20-11(16-10)5-7-15-13(19)14-6-1-2-9-3-4-9/h8-9H,1-7H2,(H,17,18)(H2,14,15,19). The monoisotopic (exact) mass is 297 g/mol. The zero-order valence-electron chi connectivity index (χ0n) is 11.2. The minimum Gasteiger partial charge on any atom is -0.476 e. The molecule has 6 nitrogen and oxygen atoms in total. The fraction of sp³-hybridized carbons (Fsp3) is 0.615. The molecule has 20 heavy (non-hydrogen) atoms. The van der Waals surface area contributed by atoms with E-state index in [0.29, 0.717) is 19.5 Å². The average Bonchev–Trinajstić information content (AvgIpc) is 3.11. The summed E-state index contributed by atoms with van der Waals surface area (Å²) in [7, 11) is 0. The van der Waals surface area contributed by atoms with E-state index in [2.05, 4.69) is 15.6 Å². The smallest absolute Gasteiger partial charge is 0.355 e. The molecule has 3 N–H and O–H groups in total. The number of rotatable bonds is 8. The van der Waals surface area contributed by atoms with Gasteiger partial charge < -0.3 is 15.7 Å². The third-order valence-corrected chi connectivity index (χ3v) is 4.08. The molecule has 0 bridgehead atoms. The minimum atomic E-state index is -1.02. The van der Waals surface area contributed by atoms with Crippen LogP contribution in [0.2, 0.25) is 0 Å². The van der Waals surface area contributed by atoms with Gasteiger partial charge in [-0.05, 0) is 18.8 Å². The molecule has 1 heterocycles. The fourth-order valence-corrected chi connectivity index (χ4v) is 2.64. The Morgan fingerprint density at radius 2 is 2.10 bits per heavy atom. The number of amides is 2. The molecule has 1 aromatic heterocycles. The van der Waals surface area contributed by atoms with Crippen LogP contribution in [-0.2, 0) is 6.42 Å². The second kappa shape index (κ2) is 7.23. The Morgan fingerprint density at radius 3 is 2.75 bits per heavy atom. The predicted molar refractivity (Wildman–Crippen MR) is 76.1 cm³/mol. The second-order valence-corrected chi connectivity index (χ2v) is 5.89. The number of carboxylic acids is 1. The molecule has 0 aromatic carbocycles. The normalized spacial score (nSPS) is 14.0. The van der Waals surface area contributed by atoms with E-state index in [0.717, 1.165) is 17.3 Å². The third-order valence-electron chi connectivity index (χ3n) is 3.17. The molecular weight excluding hydrogens is 278 g/mol. The van der Waals surface area contributed by atoms with Crippen molar-refractivity contribution in [3.63, 3.8) is 0 Å². The van der Waals surface area contributed by atoms with Crippen LogP contribution >= 0.6 is 11.3 Å². The van der Waals surface area contributed by atoms with Crippen molar-refractivity contribution in [3.05, 3.63) is 16.1 Å². The molecule has 7 heteroatoms. The molecule has 1 fully saturated rings. The summed E-state index contributed by atoms with van der Waals surface area (Å²) in [5.74, 6) is -0.123. The van der Waals surface area contributed by atoms with Gasteiger partial charge in [0.15, 0.2) is 5.69 Å². The van der Waals surface area contributed by atoms with Crippen LogP contribution in [0.1, 0.15) is 41.2 Å². The zero-order valence-corrected chi connectivity index (χ0v) is 12.0. The van der Waals surface area contributed by atoms with Crippen molar-refractivity contribution in [2.75, 3.05) is 13.1 Å². The number of carboxylic acid groups (broad SMARTS) is 1. The Bertz CT molecular complexity index is 471. The van der Waals surface area contributed by atoms with Gasteiger partial charge in [-0.3, -0.25) is 0 Å². The molecule has 0 saturated heterocycles. The lowest BCUT2D eigenvalue weighted by Crippen LogP contribution is -2.37. The lowest BCUT2D eigenvalue weighted by atomic mass is 10.2. The van der Waals surface area contributed by atoms with E-state index < -0.39 is 5.97 Å². The summed E-state index contributed by atoms with van der Waals surface area (Å²) in [4.78, 5) is 26.1. The van der Waals surface area contributed by atoms with Gasteiger partial charge in [-0.2, -0.15) is 0 Å². The molecular formula is C13H19N3O3S. The van der Waals surface area contributed by atoms with Gasteiger partial charge >= 0.3 is 12.0 Å². The quantitative estimate of drug-likeness (QED) is 0.639.